The normalized spacial score (nSPS) is 15.6. The van der Waals surface area contributed by atoms with Crippen molar-refractivity contribution in [2.75, 3.05) is 37.0 Å². The maximum atomic E-state index is 13.0. The molecule has 0 spiro atoms. The van der Waals surface area contributed by atoms with E-state index in [0.29, 0.717) is 29.4 Å². The molecule has 30 heavy (non-hydrogen) atoms. The van der Waals surface area contributed by atoms with Crippen LogP contribution in [-0.4, -0.2) is 41.7 Å². The summed E-state index contributed by atoms with van der Waals surface area (Å²) in [5, 5.41) is 0. The van der Waals surface area contributed by atoms with Gasteiger partial charge < -0.3 is 19.1 Å². The number of sulfonamides is 1. The van der Waals surface area contributed by atoms with Gasteiger partial charge in [0, 0.05) is 12.6 Å². The molecule has 0 unspecified atom stereocenters. The molecule has 0 aliphatic carbocycles. The molecule has 1 aliphatic heterocycles. The molecule has 0 fully saturated rings. The Hall–Kier alpha value is -2.94. The van der Waals surface area contributed by atoms with Crippen LogP contribution >= 0.6 is 0 Å². The topological polar surface area (TPSA) is 94.2 Å². The molecule has 1 N–H and O–H groups in total. The number of methoxy groups -OCH3 is 2. The average molecular weight is 435 g/mol. The smallest absolute Gasteiger partial charge is 0.265 e. The minimum atomic E-state index is -3.98. The van der Waals surface area contributed by atoms with Crippen LogP contribution in [0.4, 0.5) is 11.4 Å². The fourth-order valence-corrected chi connectivity index (χ4v) is 4.46. The van der Waals surface area contributed by atoms with Gasteiger partial charge >= 0.3 is 0 Å². The number of nitrogens with one attached hydrogen (secondary N) is 1. The Morgan fingerprint density at radius 1 is 1.13 bits per heavy atom. The number of anilines is 2. The first-order valence-electron chi connectivity index (χ1n) is 9.46. The maximum absolute atomic E-state index is 13.0. The predicted octanol–water partition coefficient (Wildman–Crippen LogP) is 3.28. The zero-order valence-electron chi connectivity index (χ0n) is 17.7. The molecule has 0 bridgehead atoms. The van der Waals surface area contributed by atoms with Gasteiger partial charge in [-0.15, -0.1) is 0 Å². The van der Waals surface area contributed by atoms with Crippen LogP contribution in [0.3, 0.4) is 0 Å². The lowest BCUT2D eigenvalue weighted by molar-refractivity contribution is -0.127. The van der Waals surface area contributed by atoms with E-state index in [2.05, 4.69) is 4.72 Å². The molecular weight excluding hydrogens is 408 g/mol. The minimum Gasteiger partial charge on any atom is -0.497 e. The van der Waals surface area contributed by atoms with Crippen molar-refractivity contribution < 1.29 is 27.4 Å². The van der Waals surface area contributed by atoms with E-state index in [0.717, 1.165) is 0 Å². The van der Waals surface area contributed by atoms with E-state index >= 15 is 0 Å². The van der Waals surface area contributed by atoms with Crippen LogP contribution in [0, 0.1) is 5.41 Å². The number of hydrogen-bond donors (Lipinski definition) is 1. The molecule has 1 amide bonds. The highest BCUT2D eigenvalue weighted by Crippen LogP contribution is 2.39. The Labute approximate surface area is 176 Å². The molecule has 1 heterocycles. The molecule has 0 aromatic heterocycles. The van der Waals surface area contributed by atoms with Crippen LogP contribution in [0.5, 0.6) is 17.2 Å². The van der Waals surface area contributed by atoms with E-state index < -0.39 is 15.4 Å². The Morgan fingerprint density at radius 3 is 2.50 bits per heavy atom. The lowest BCUT2D eigenvalue weighted by Gasteiger charge is -2.27. The van der Waals surface area contributed by atoms with Gasteiger partial charge in [-0.3, -0.25) is 9.52 Å². The van der Waals surface area contributed by atoms with Crippen molar-refractivity contribution in [3.8, 4) is 17.2 Å². The number of fused-ring (bicyclic) bond motifs is 1. The minimum absolute atomic E-state index is 0.0555. The van der Waals surface area contributed by atoms with Crippen molar-refractivity contribution in [2.45, 2.75) is 25.7 Å². The highest BCUT2D eigenvalue weighted by molar-refractivity contribution is 7.92. The molecule has 1 aliphatic rings. The fourth-order valence-electron chi connectivity index (χ4n) is 3.23. The number of carbonyl (C=O) groups excluding carboxylic acids is 1. The molecule has 8 nitrogen and oxygen atoms in total. The van der Waals surface area contributed by atoms with Crippen molar-refractivity contribution >= 4 is 27.3 Å². The number of carbonyl (C=O) groups is 1. The zero-order valence-corrected chi connectivity index (χ0v) is 18.5. The summed E-state index contributed by atoms with van der Waals surface area (Å²) in [7, 11) is -1.13. The predicted molar refractivity (Wildman–Crippen MR) is 114 cm³/mol. The van der Waals surface area contributed by atoms with Crippen LogP contribution in [0.25, 0.3) is 0 Å². The van der Waals surface area contributed by atoms with Crippen molar-refractivity contribution in [3.63, 3.8) is 0 Å². The first-order chi connectivity index (χ1) is 14.1. The van der Waals surface area contributed by atoms with E-state index in [1.807, 2.05) is 20.8 Å². The standard InChI is InChI=1S/C21H26N2O6S/c1-6-23-16-11-14(7-9-17(16)29-13-21(2,3)20(23)24)22-30(25,26)19-12-15(27-4)8-10-18(19)28-5/h7-12,22H,6,13H2,1-5H3. The number of ether oxygens (including phenoxy) is 3. The van der Waals surface area contributed by atoms with Gasteiger partial charge in [-0.2, -0.15) is 0 Å². The van der Waals surface area contributed by atoms with Gasteiger partial charge in [0.25, 0.3) is 10.0 Å². The van der Waals surface area contributed by atoms with Crippen molar-refractivity contribution in [3.05, 3.63) is 36.4 Å². The molecule has 0 saturated heterocycles. The Balaban J connectivity index is 2.01. The first-order valence-corrected chi connectivity index (χ1v) is 10.9. The fraction of sp³-hybridized carbons (Fsp3) is 0.381. The number of hydrogen-bond acceptors (Lipinski definition) is 6. The number of amides is 1. The average Bonchev–Trinajstić information content (AvgIpc) is 2.81. The van der Waals surface area contributed by atoms with Gasteiger partial charge in [0.1, 0.15) is 28.8 Å². The Kier molecular flexibility index (Phi) is 5.85. The van der Waals surface area contributed by atoms with E-state index in [4.69, 9.17) is 14.2 Å². The highest BCUT2D eigenvalue weighted by atomic mass is 32.2. The second-order valence-corrected chi connectivity index (χ2v) is 9.18. The summed E-state index contributed by atoms with van der Waals surface area (Å²) < 4.78 is 44.8. The zero-order chi connectivity index (χ0) is 22.1. The van der Waals surface area contributed by atoms with Crippen LogP contribution in [0.2, 0.25) is 0 Å². The van der Waals surface area contributed by atoms with Crippen molar-refractivity contribution in [2.24, 2.45) is 5.41 Å². The lowest BCUT2D eigenvalue weighted by atomic mass is 9.93. The summed E-state index contributed by atoms with van der Waals surface area (Å²) in [4.78, 5) is 14.5. The van der Waals surface area contributed by atoms with Gasteiger partial charge in [-0.25, -0.2) is 8.42 Å². The van der Waals surface area contributed by atoms with Gasteiger partial charge in [0.15, 0.2) is 0 Å². The van der Waals surface area contributed by atoms with Crippen LogP contribution in [0.1, 0.15) is 20.8 Å². The van der Waals surface area contributed by atoms with Crippen LogP contribution in [0.15, 0.2) is 41.3 Å². The third-order valence-electron chi connectivity index (χ3n) is 4.89. The van der Waals surface area contributed by atoms with Gasteiger partial charge in [-0.05, 0) is 51.1 Å². The van der Waals surface area contributed by atoms with E-state index in [1.165, 1.54) is 26.4 Å². The molecule has 3 rings (SSSR count). The van der Waals surface area contributed by atoms with Crippen molar-refractivity contribution in [1.82, 2.24) is 0 Å². The van der Waals surface area contributed by atoms with Crippen LogP contribution < -0.4 is 23.8 Å². The summed E-state index contributed by atoms with van der Waals surface area (Å²) in [6, 6.07) is 9.38. The summed E-state index contributed by atoms with van der Waals surface area (Å²) in [6.45, 7) is 6.17. The molecule has 9 heteroatoms. The van der Waals surface area contributed by atoms with E-state index in [1.54, 1.807) is 29.2 Å². The summed E-state index contributed by atoms with van der Waals surface area (Å²) in [6.07, 6.45) is 0. The number of rotatable bonds is 6. The van der Waals surface area contributed by atoms with E-state index in [-0.39, 0.29) is 23.2 Å². The first kappa shape index (κ1) is 21.8. The third kappa shape index (κ3) is 4.02. The number of benzene rings is 2. The van der Waals surface area contributed by atoms with Crippen molar-refractivity contribution in [1.29, 1.82) is 0 Å². The molecular formula is C21H26N2O6S. The van der Waals surface area contributed by atoms with Gasteiger partial charge in [0.05, 0.1) is 31.0 Å². The van der Waals surface area contributed by atoms with Gasteiger partial charge in [-0.1, -0.05) is 0 Å². The van der Waals surface area contributed by atoms with Crippen LogP contribution in [-0.2, 0) is 14.8 Å². The Bertz CT molecular complexity index is 1070. The second-order valence-electron chi connectivity index (χ2n) is 7.53. The molecule has 162 valence electrons. The third-order valence-corrected chi connectivity index (χ3v) is 6.29. The monoisotopic (exact) mass is 434 g/mol. The van der Waals surface area contributed by atoms with E-state index in [9.17, 15) is 13.2 Å². The SMILES string of the molecule is CCN1C(=O)C(C)(C)COc2ccc(NS(=O)(=O)c3cc(OC)ccc3OC)cc21. The molecule has 2 aromatic carbocycles. The maximum Gasteiger partial charge on any atom is 0.265 e. The summed E-state index contributed by atoms with van der Waals surface area (Å²) in [5.74, 6) is 1.01. The molecule has 0 saturated carbocycles. The lowest BCUT2D eigenvalue weighted by Crippen LogP contribution is -2.42. The summed E-state index contributed by atoms with van der Waals surface area (Å²) in [5.41, 5.74) is 0.127. The van der Waals surface area contributed by atoms with Gasteiger partial charge in [0.2, 0.25) is 5.91 Å². The molecule has 0 atom stereocenters. The quantitative estimate of drug-likeness (QED) is 0.750. The number of nitrogens with zero attached hydrogens (tertiary/aromatic N) is 1. The highest BCUT2D eigenvalue weighted by Gasteiger charge is 2.37. The largest absolute Gasteiger partial charge is 0.497 e. The Morgan fingerprint density at radius 2 is 1.87 bits per heavy atom. The summed E-state index contributed by atoms with van der Waals surface area (Å²) >= 11 is 0. The second kappa shape index (κ2) is 8.06. The molecule has 0 radical (unpaired) electrons. The molecule has 2 aromatic rings.